The van der Waals surface area contributed by atoms with Crippen molar-refractivity contribution in [2.75, 3.05) is 43.4 Å². The van der Waals surface area contributed by atoms with Crippen LogP contribution >= 0.6 is 11.6 Å². The van der Waals surface area contributed by atoms with Gasteiger partial charge in [0, 0.05) is 50.0 Å². The van der Waals surface area contributed by atoms with Crippen LogP contribution in [-0.4, -0.2) is 62.1 Å². The topological polar surface area (TPSA) is 82.6 Å². The summed E-state index contributed by atoms with van der Waals surface area (Å²) in [6.45, 7) is 2.05. The van der Waals surface area contributed by atoms with Crippen LogP contribution in [0.15, 0.2) is 54.7 Å². The van der Waals surface area contributed by atoms with E-state index in [0.29, 0.717) is 31.2 Å². The molecule has 1 amide bonds. The number of nitrogens with one attached hydrogen (secondary N) is 1. The molecular weight excluding hydrogens is 412 g/mol. The van der Waals surface area contributed by atoms with Gasteiger partial charge in [-0.25, -0.2) is 13.4 Å². The minimum atomic E-state index is -3.42. The second-order valence-corrected chi connectivity index (χ2v) is 9.09. The van der Waals surface area contributed by atoms with Gasteiger partial charge in [-0.3, -0.25) is 4.79 Å². The second kappa shape index (κ2) is 9.87. The maximum Gasteiger partial charge on any atom is 0.244 e. The largest absolute Gasteiger partial charge is 0.354 e. The van der Waals surface area contributed by atoms with Crippen molar-refractivity contribution in [1.29, 1.82) is 0 Å². The zero-order valence-corrected chi connectivity index (χ0v) is 17.4. The Morgan fingerprint density at radius 3 is 2.48 bits per heavy atom. The number of nitrogens with zero attached hydrogens (tertiary/aromatic N) is 3. The van der Waals surface area contributed by atoms with E-state index in [1.54, 1.807) is 36.5 Å². The average Bonchev–Trinajstić information content (AvgIpc) is 2.74. The molecule has 1 aliphatic heterocycles. The molecular formula is C20H23ClN4O3S. The average molecular weight is 435 g/mol. The van der Waals surface area contributed by atoms with Crippen molar-refractivity contribution in [3.8, 4) is 0 Å². The van der Waals surface area contributed by atoms with Gasteiger partial charge in [0.15, 0.2) is 0 Å². The lowest BCUT2D eigenvalue weighted by Gasteiger charge is -2.34. The standard InChI is InChI=1S/C20H23ClN4O3S/c21-18-7-4-17(5-8-18)6-9-20(26)23-11-16-29(27,28)25-14-12-24(13-15-25)19-3-1-2-10-22-19/h1-10H,11-16H2,(H,23,26). The molecule has 2 aromatic rings. The highest BCUT2D eigenvalue weighted by atomic mass is 35.5. The van der Waals surface area contributed by atoms with Crippen molar-refractivity contribution >= 4 is 39.4 Å². The lowest BCUT2D eigenvalue weighted by atomic mass is 10.2. The van der Waals surface area contributed by atoms with E-state index in [0.717, 1.165) is 11.4 Å². The molecule has 0 spiro atoms. The third kappa shape index (κ3) is 6.28. The SMILES string of the molecule is O=C(C=Cc1ccc(Cl)cc1)NCCS(=O)(=O)N1CCN(c2ccccn2)CC1. The lowest BCUT2D eigenvalue weighted by molar-refractivity contribution is -0.116. The maximum absolute atomic E-state index is 12.5. The molecule has 7 nitrogen and oxygen atoms in total. The number of carbonyl (C=O) groups excluding carboxylic acids is 1. The minimum absolute atomic E-state index is 0.0621. The predicted octanol–water partition coefficient (Wildman–Crippen LogP) is 2.02. The first-order chi connectivity index (χ1) is 13.9. The Kier molecular flexibility index (Phi) is 7.24. The highest BCUT2D eigenvalue weighted by Crippen LogP contribution is 2.14. The smallest absolute Gasteiger partial charge is 0.244 e. The molecule has 154 valence electrons. The molecule has 1 aliphatic rings. The molecule has 29 heavy (non-hydrogen) atoms. The Morgan fingerprint density at radius 1 is 1.10 bits per heavy atom. The number of piperazine rings is 1. The van der Waals surface area contributed by atoms with E-state index in [-0.39, 0.29) is 18.2 Å². The van der Waals surface area contributed by atoms with E-state index in [4.69, 9.17) is 11.6 Å². The summed E-state index contributed by atoms with van der Waals surface area (Å²) in [5.41, 5.74) is 0.836. The Balaban J connectivity index is 1.43. The number of halogens is 1. The Hall–Kier alpha value is -2.42. The van der Waals surface area contributed by atoms with Gasteiger partial charge in [-0.1, -0.05) is 29.8 Å². The van der Waals surface area contributed by atoms with Crippen LogP contribution in [0.4, 0.5) is 5.82 Å². The summed E-state index contributed by atoms with van der Waals surface area (Å²) in [6, 6.07) is 12.7. The van der Waals surface area contributed by atoms with E-state index >= 15 is 0 Å². The third-order valence-electron chi connectivity index (χ3n) is 4.56. The molecule has 1 saturated heterocycles. The first-order valence-electron chi connectivity index (χ1n) is 9.29. The quantitative estimate of drug-likeness (QED) is 0.674. The van der Waals surface area contributed by atoms with Gasteiger partial charge in [-0.15, -0.1) is 0 Å². The molecule has 3 rings (SSSR count). The van der Waals surface area contributed by atoms with E-state index in [2.05, 4.69) is 15.2 Å². The molecule has 0 saturated carbocycles. The van der Waals surface area contributed by atoms with Crippen molar-refractivity contribution in [3.63, 3.8) is 0 Å². The number of sulfonamides is 1. The van der Waals surface area contributed by atoms with Crippen LogP contribution in [-0.2, 0) is 14.8 Å². The first kappa shape index (κ1) is 21.3. The van der Waals surface area contributed by atoms with Gasteiger partial charge < -0.3 is 10.2 Å². The summed E-state index contributed by atoms with van der Waals surface area (Å²) in [4.78, 5) is 18.3. The van der Waals surface area contributed by atoms with Gasteiger partial charge in [-0.05, 0) is 35.9 Å². The number of amides is 1. The maximum atomic E-state index is 12.5. The number of pyridine rings is 1. The zero-order valence-electron chi connectivity index (χ0n) is 15.9. The molecule has 9 heteroatoms. The van der Waals surface area contributed by atoms with Crippen LogP contribution in [0.5, 0.6) is 0 Å². The van der Waals surface area contributed by atoms with Gasteiger partial charge in [0.2, 0.25) is 15.9 Å². The normalized spacial score (nSPS) is 15.6. The third-order valence-corrected chi connectivity index (χ3v) is 6.69. The summed E-state index contributed by atoms with van der Waals surface area (Å²) in [7, 11) is -3.42. The Bertz CT molecular complexity index is 941. The van der Waals surface area contributed by atoms with Crippen LogP contribution < -0.4 is 10.2 Å². The monoisotopic (exact) mass is 434 g/mol. The van der Waals surface area contributed by atoms with Crippen LogP contribution in [0.1, 0.15) is 5.56 Å². The van der Waals surface area contributed by atoms with Gasteiger partial charge >= 0.3 is 0 Å². The highest BCUT2D eigenvalue weighted by Gasteiger charge is 2.27. The van der Waals surface area contributed by atoms with Gasteiger partial charge in [-0.2, -0.15) is 4.31 Å². The lowest BCUT2D eigenvalue weighted by Crippen LogP contribution is -2.50. The van der Waals surface area contributed by atoms with Crippen LogP contribution in [0.3, 0.4) is 0 Å². The summed E-state index contributed by atoms with van der Waals surface area (Å²) in [5.74, 6) is 0.385. The highest BCUT2D eigenvalue weighted by molar-refractivity contribution is 7.89. The van der Waals surface area contributed by atoms with Crippen molar-refractivity contribution in [2.45, 2.75) is 0 Å². The fourth-order valence-corrected chi connectivity index (χ4v) is 4.44. The minimum Gasteiger partial charge on any atom is -0.354 e. The molecule has 1 aromatic carbocycles. The van der Waals surface area contributed by atoms with Crippen molar-refractivity contribution in [2.24, 2.45) is 0 Å². The van der Waals surface area contributed by atoms with Crippen LogP contribution in [0.25, 0.3) is 6.08 Å². The molecule has 1 N–H and O–H groups in total. The van der Waals surface area contributed by atoms with Crippen molar-refractivity contribution in [3.05, 3.63) is 65.3 Å². The number of hydrogen-bond acceptors (Lipinski definition) is 5. The van der Waals surface area contributed by atoms with Gasteiger partial charge in [0.25, 0.3) is 0 Å². The number of hydrogen-bond donors (Lipinski definition) is 1. The fourth-order valence-electron chi connectivity index (χ4n) is 2.97. The predicted molar refractivity (Wildman–Crippen MR) is 115 cm³/mol. The summed E-state index contributed by atoms with van der Waals surface area (Å²) in [5, 5.41) is 3.24. The van der Waals surface area contributed by atoms with Crippen molar-refractivity contribution < 1.29 is 13.2 Å². The first-order valence-corrected chi connectivity index (χ1v) is 11.3. The number of aromatic nitrogens is 1. The fraction of sp³-hybridized carbons (Fsp3) is 0.300. The van der Waals surface area contributed by atoms with E-state index in [1.807, 2.05) is 18.2 Å². The second-order valence-electron chi connectivity index (χ2n) is 6.57. The van der Waals surface area contributed by atoms with E-state index < -0.39 is 10.0 Å². The summed E-state index contributed by atoms with van der Waals surface area (Å²) in [6.07, 6.45) is 4.75. The molecule has 2 heterocycles. The van der Waals surface area contributed by atoms with Crippen LogP contribution in [0, 0.1) is 0 Å². The van der Waals surface area contributed by atoms with E-state index in [1.165, 1.54) is 10.4 Å². The number of benzene rings is 1. The molecule has 0 atom stereocenters. The molecule has 0 aliphatic carbocycles. The molecule has 0 radical (unpaired) electrons. The van der Waals surface area contributed by atoms with Crippen LogP contribution in [0.2, 0.25) is 5.02 Å². The number of anilines is 1. The Morgan fingerprint density at radius 2 is 1.83 bits per heavy atom. The van der Waals surface area contributed by atoms with E-state index in [9.17, 15) is 13.2 Å². The Labute approximate surface area is 176 Å². The van der Waals surface area contributed by atoms with Gasteiger partial charge in [0.1, 0.15) is 5.82 Å². The molecule has 0 bridgehead atoms. The summed E-state index contributed by atoms with van der Waals surface area (Å²) >= 11 is 5.82. The number of rotatable bonds is 7. The summed E-state index contributed by atoms with van der Waals surface area (Å²) < 4.78 is 26.5. The molecule has 1 fully saturated rings. The van der Waals surface area contributed by atoms with Gasteiger partial charge in [0.05, 0.1) is 5.75 Å². The number of carbonyl (C=O) groups is 1. The van der Waals surface area contributed by atoms with Crippen molar-refractivity contribution in [1.82, 2.24) is 14.6 Å². The zero-order chi connectivity index (χ0) is 20.7. The molecule has 0 unspecified atom stereocenters. The molecule has 1 aromatic heterocycles.